The zero-order chi connectivity index (χ0) is 20.1. The van der Waals surface area contributed by atoms with E-state index in [9.17, 15) is 19.7 Å². The minimum atomic E-state index is -0.899. The summed E-state index contributed by atoms with van der Waals surface area (Å²) in [6.07, 6.45) is 1.48. The minimum Gasteiger partial charge on any atom is -0.460 e. The van der Waals surface area contributed by atoms with Crippen LogP contribution in [-0.2, 0) is 4.79 Å². The lowest BCUT2D eigenvalue weighted by Gasteiger charge is -2.32. The van der Waals surface area contributed by atoms with E-state index in [1.807, 2.05) is 0 Å². The van der Waals surface area contributed by atoms with Crippen molar-refractivity contribution in [1.82, 2.24) is 0 Å². The summed E-state index contributed by atoms with van der Waals surface area (Å²) in [7, 11) is 0. The van der Waals surface area contributed by atoms with E-state index < -0.39 is 16.5 Å². The van der Waals surface area contributed by atoms with E-state index in [0.717, 1.165) is 0 Å². The summed E-state index contributed by atoms with van der Waals surface area (Å²) in [5, 5.41) is 12.3. The second-order valence-electron chi connectivity index (χ2n) is 7.09. The number of hydrogen-bond donors (Lipinski definition) is 0. The third-order valence-electron chi connectivity index (χ3n) is 5.45. The van der Waals surface area contributed by atoms with E-state index in [4.69, 9.17) is 9.15 Å². The molecule has 1 aromatic heterocycles. The summed E-state index contributed by atoms with van der Waals surface area (Å²) in [6.45, 7) is 0. The van der Waals surface area contributed by atoms with Crippen molar-refractivity contribution < 1.29 is 18.9 Å². The Morgan fingerprint density at radius 3 is 2.59 bits per heavy atom. The summed E-state index contributed by atoms with van der Waals surface area (Å²) in [6, 6.07) is 13.1. The van der Waals surface area contributed by atoms with Crippen molar-refractivity contribution >= 4 is 22.4 Å². The smallest absolute Gasteiger partial charge is 0.344 e. The molecule has 2 aromatic carbocycles. The Kier molecular flexibility index (Phi) is 3.84. The van der Waals surface area contributed by atoms with Gasteiger partial charge in [0.15, 0.2) is 5.78 Å². The number of nitrogens with zero attached hydrogens (tertiary/aromatic N) is 1. The summed E-state index contributed by atoms with van der Waals surface area (Å²) in [5.41, 5.74) is 0.290. The van der Waals surface area contributed by atoms with Gasteiger partial charge >= 0.3 is 5.63 Å². The van der Waals surface area contributed by atoms with Crippen molar-refractivity contribution in [3.8, 4) is 5.75 Å². The van der Waals surface area contributed by atoms with Gasteiger partial charge in [-0.3, -0.25) is 14.9 Å². The van der Waals surface area contributed by atoms with E-state index in [-0.39, 0.29) is 22.6 Å². The molecule has 29 heavy (non-hydrogen) atoms. The second-order valence-corrected chi connectivity index (χ2v) is 7.09. The molecule has 0 bridgehead atoms. The highest BCUT2D eigenvalue weighted by atomic mass is 16.6. The third-order valence-corrected chi connectivity index (χ3v) is 5.45. The lowest BCUT2D eigenvalue weighted by molar-refractivity contribution is -0.385. The van der Waals surface area contributed by atoms with E-state index >= 15 is 0 Å². The average molecular weight is 389 g/mol. The molecule has 1 unspecified atom stereocenters. The first-order valence-corrected chi connectivity index (χ1v) is 9.29. The lowest BCUT2D eigenvalue weighted by Crippen LogP contribution is -2.29. The van der Waals surface area contributed by atoms with Gasteiger partial charge in [-0.25, -0.2) is 4.79 Å². The summed E-state index contributed by atoms with van der Waals surface area (Å²) < 4.78 is 11.6. The van der Waals surface area contributed by atoms with E-state index in [1.165, 1.54) is 6.07 Å². The van der Waals surface area contributed by atoms with Gasteiger partial charge in [0.05, 0.1) is 21.8 Å². The van der Waals surface area contributed by atoms with Gasteiger partial charge in [0.25, 0.3) is 5.69 Å². The molecule has 1 aliphatic heterocycles. The molecule has 144 valence electrons. The molecular weight excluding hydrogens is 374 g/mol. The molecule has 0 spiro atoms. The quantitative estimate of drug-likeness (QED) is 0.369. The Labute approximate surface area is 164 Å². The number of fused-ring (bicyclic) bond motifs is 3. The monoisotopic (exact) mass is 389 g/mol. The van der Waals surface area contributed by atoms with E-state index in [1.54, 1.807) is 42.5 Å². The number of ether oxygens (including phenoxy) is 1. The number of carbonyl (C=O) groups is 1. The fraction of sp³-hybridized carbons (Fsp3) is 0.182. The van der Waals surface area contributed by atoms with Crippen LogP contribution in [0.5, 0.6) is 5.75 Å². The molecule has 3 aromatic rings. The molecule has 1 aliphatic carbocycles. The van der Waals surface area contributed by atoms with E-state index in [2.05, 4.69) is 0 Å². The minimum absolute atomic E-state index is 0.131. The van der Waals surface area contributed by atoms with Gasteiger partial charge in [-0.2, -0.15) is 0 Å². The number of carbonyl (C=O) groups excluding carboxylic acids is 1. The van der Waals surface area contributed by atoms with E-state index in [0.29, 0.717) is 47.3 Å². The molecule has 0 amide bonds. The molecule has 1 atom stereocenters. The van der Waals surface area contributed by atoms with Crippen molar-refractivity contribution in [2.45, 2.75) is 25.2 Å². The molecule has 5 rings (SSSR count). The fourth-order valence-corrected chi connectivity index (χ4v) is 4.23. The van der Waals surface area contributed by atoms with Crippen molar-refractivity contribution in [3.63, 3.8) is 0 Å². The highest BCUT2D eigenvalue weighted by Crippen LogP contribution is 2.49. The molecule has 0 fully saturated rings. The van der Waals surface area contributed by atoms with Gasteiger partial charge in [-0.05, 0) is 18.6 Å². The van der Waals surface area contributed by atoms with Crippen LogP contribution in [0.4, 0.5) is 5.69 Å². The van der Waals surface area contributed by atoms with Gasteiger partial charge in [-0.1, -0.05) is 30.3 Å². The molecule has 2 aliphatic rings. The number of ketones is 1. The van der Waals surface area contributed by atoms with Crippen LogP contribution >= 0.6 is 0 Å². The molecule has 0 N–H and O–H groups in total. The number of nitro groups is 1. The lowest BCUT2D eigenvalue weighted by atomic mass is 9.76. The number of hydrogen-bond acceptors (Lipinski definition) is 6. The highest BCUT2D eigenvalue weighted by Gasteiger charge is 2.42. The molecule has 2 heterocycles. The zero-order valence-electron chi connectivity index (χ0n) is 15.2. The Hall–Kier alpha value is -3.74. The predicted molar refractivity (Wildman–Crippen MR) is 104 cm³/mol. The number of nitro benzene ring substituents is 1. The summed E-state index contributed by atoms with van der Waals surface area (Å²) >= 11 is 0. The molecule has 0 saturated heterocycles. The van der Waals surface area contributed by atoms with Crippen LogP contribution in [0.1, 0.15) is 36.3 Å². The highest BCUT2D eigenvalue weighted by molar-refractivity contribution is 6.00. The van der Waals surface area contributed by atoms with Crippen LogP contribution in [0.2, 0.25) is 0 Å². The molecule has 7 nitrogen and oxygen atoms in total. The first-order chi connectivity index (χ1) is 14.1. The normalized spacial score (nSPS) is 18.2. The Balaban J connectivity index is 1.89. The van der Waals surface area contributed by atoms with Crippen molar-refractivity contribution in [2.75, 3.05) is 0 Å². The second kappa shape index (κ2) is 6.41. The number of Topliss-reactive ketones (excluding diaryl/α,β-unsaturated/α-hetero) is 1. The number of rotatable bonds is 2. The summed E-state index contributed by atoms with van der Waals surface area (Å²) in [5.74, 6) is -0.266. The van der Waals surface area contributed by atoms with Crippen LogP contribution in [0, 0.1) is 10.1 Å². The van der Waals surface area contributed by atoms with Crippen LogP contribution in [-0.4, -0.2) is 10.7 Å². The Bertz CT molecular complexity index is 1290. The maximum absolute atomic E-state index is 13.0. The van der Waals surface area contributed by atoms with Gasteiger partial charge in [-0.15, -0.1) is 0 Å². The molecule has 7 heteroatoms. The topological polar surface area (TPSA) is 99.6 Å². The first-order valence-electron chi connectivity index (χ1n) is 9.29. The third kappa shape index (κ3) is 2.58. The zero-order valence-corrected chi connectivity index (χ0v) is 15.2. The van der Waals surface area contributed by atoms with Crippen LogP contribution in [0.3, 0.4) is 0 Å². The van der Waals surface area contributed by atoms with Crippen LogP contribution in [0.25, 0.3) is 11.0 Å². The SMILES string of the molecule is O=C1CCCC2=C1C(c1ccccc1[N+](=O)[O-])c1c(c3ccccc3oc1=O)O2. The van der Waals surface area contributed by atoms with Crippen molar-refractivity contribution in [3.05, 3.63) is 91.5 Å². The average Bonchev–Trinajstić information content (AvgIpc) is 2.72. The Morgan fingerprint density at radius 1 is 1.00 bits per heavy atom. The largest absolute Gasteiger partial charge is 0.460 e. The van der Waals surface area contributed by atoms with Gasteiger partial charge in [0, 0.05) is 30.0 Å². The van der Waals surface area contributed by atoms with Crippen LogP contribution in [0.15, 0.2) is 69.1 Å². The maximum Gasteiger partial charge on any atom is 0.344 e. The first kappa shape index (κ1) is 17.4. The standard InChI is InChI=1S/C22H15NO6/c24-15-9-5-11-17-19(15)18(12-6-1-3-8-14(12)23(26)27)20-21(28-17)13-7-2-4-10-16(13)29-22(20)25/h1-4,6-8,10,18H,5,9,11H2. The predicted octanol–water partition coefficient (Wildman–Crippen LogP) is 4.23. The molecule has 0 saturated carbocycles. The number of allylic oxidation sites excluding steroid dienone is 2. The van der Waals surface area contributed by atoms with Crippen LogP contribution < -0.4 is 10.4 Å². The number of benzene rings is 2. The number of para-hydroxylation sites is 2. The maximum atomic E-state index is 13.0. The van der Waals surface area contributed by atoms with Gasteiger partial charge in [0.2, 0.25) is 0 Å². The molecular formula is C22H15NO6. The van der Waals surface area contributed by atoms with Crippen molar-refractivity contribution in [1.29, 1.82) is 0 Å². The Morgan fingerprint density at radius 2 is 1.76 bits per heavy atom. The van der Waals surface area contributed by atoms with Gasteiger partial charge < -0.3 is 9.15 Å². The summed E-state index contributed by atoms with van der Waals surface area (Å²) in [4.78, 5) is 37.0. The fourth-order valence-electron chi connectivity index (χ4n) is 4.23. The molecule has 0 radical (unpaired) electrons. The van der Waals surface area contributed by atoms with Crippen molar-refractivity contribution in [2.24, 2.45) is 0 Å². The van der Waals surface area contributed by atoms with Gasteiger partial charge in [0.1, 0.15) is 17.1 Å².